The Kier molecular flexibility index (Phi) is 4.94. The van der Waals surface area contributed by atoms with Crippen LogP contribution in [0.15, 0.2) is 49.3 Å². The third kappa shape index (κ3) is 4.08. The first-order chi connectivity index (χ1) is 14.0. The number of amides is 1. The molecule has 29 heavy (non-hydrogen) atoms. The first-order valence-electron chi connectivity index (χ1n) is 8.92. The van der Waals surface area contributed by atoms with Crippen LogP contribution in [-0.2, 0) is 16.1 Å². The Morgan fingerprint density at radius 2 is 2.28 bits per heavy atom. The van der Waals surface area contributed by atoms with Crippen molar-refractivity contribution in [2.24, 2.45) is 0 Å². The van der Waals surface area contributed by atoms with Gasteiger partial charge in [-0.15, -0.1) is 10.2 Å². The Labute approximate surface area is 165 Å². The predicted octanol–water partition coefficient (Wildman–Crippen LogP) is 0.859. The van der Waals surface area contributed by atoms with Crippen molar-refractivity contribution in [1.29, 1.82) is 0 Å². The van der Waals surface area contributed by atoms with Crippen LogP contribution in [0.2, 0.25) is 0 Å². The lowest BCUT2D eigenvalue weighted by Gasteiger charge is -2.17. The Morgan fingerprint density at radius 3 is 3.00 bits per heavy atom. The molecule has 0 aliphatic carbocycles. The van der Waals surface area contributed by atoms with Crippen molar-refractivity contribution in [3.05, 3.63) is 60.8 Å². The summed E-state index contributed by atoms with van der Waals surface area (Å²) in [5.41, 5.74) is 1.50. The van der Waals surface area contributed by atoms with E-state index in [4.69, 9.17) is 4.74 Å². The Balaban J connectivity index is 1.48. The molecule has 0 saturated carbocycles. The minimum atomic E-state index is -0.460. The van der Waals surface area contributed by atoms with Crippen LogP contribution in [0.1, 0.15) is 12.6 Å². The van der Waals surface area contributed by atoms with E-state index in [9.17, 15) is 9.18 Å². The van der Waals surface area contributed by atoms with Gasteiger partial charge in [-0.2, -0.15) is 0 Å². The number of halogens is 1. The molecule has 10 nitrogen and oxygen atoms in total. The summed E-state index contributed by atoms with van der Waals surface area (Å²) in [6, 6.07) is 4.77. The van der Waals surface area contributed by atoms with Crippen molar-refractivity contribution < 1.29 is 13.9 Å². The molecule has 1 N–H and O–H groups in total. The van der Waals surface area contributed by atoms with Gasteiger partial charge in [0.25, 0.3) is 0 Å². The van der Waals surface area contributed by atoms with Gasteiger partial charge in [-0.3, -0.25) is 4.79 Å². The number of aromatic nitrogens is 6. The van der Waals surface area contributed by atoms with Crippen LogP contribution in [0.25, 0.3) is 5.69 Å². The van der Waals surface area contributed by atoms with Crippen molar-refractivity contribution in [1.82, 2.24) is 35.3 Å². The van der Waals surface area contributed by atoms with Gasteiger partial charge in [0.2, 0.25) is 5.91 Å². The molecule has 2 aromatic heterocycles. The van der Waals surface area contributed by atoms with E-state index in [2.05, 4.69) is 32.5 Å². The second-order valence-electron chi connectivity index (χ2n) is 6.57. The maximum atomic E-state index is 14.8. The summed E-state index contributed by atoms with van der Waals surface area (Å²) in [6.07, 6.45) is 4.67. The average Bonchev–Trinajstić information content (AvgIpc) is 3.42. The van der Waals surface area contributed by atoms with Gasteiger partial charge in [-0.1, -0.05) is 10.4 Å². The third-order valence-electron chi connectivity index (χ3n) is 4.40. The van der Waals surface area contributed by atoms with Crippen LogP contribution in [-0.4, -0.2) is 55.1 Å². The van der Waals surface area contributed by atoms with Crippen LogP contribution >= 0.6 is 0 Å². The minimum Gasteiger partial charge on any atom is -0.472 e. The zero-order valence-corrected chi connectivity index (χ0v) is 15.7. The van der Waals surface area contributed by atoms with Crippen LogP contribution in [0.4, 0.5) is 10.1 Å². The fourth-order valence-electron chi connectivity index (χ4n) is 3.03. The van der Waals surface area contributed by atoms with Gasteiger partial charge in [0, 0.05) is 18.8 Å². The number of nitrogens with zero attached hydrogens (tertiary/aromatic N) is 7. The van der Waals surface area contributed by atoms with Crippen molar-refractivity contribution in [3.8, 4) is 5.69 Å². The average molecular weight is 398 g/mol. The third-order valence-corrected chi connectivity index (χ3v) is 4.40. The van der Waals surface area contributed by atoms with Gasteiger partial charge in [0.1, 0.15) is 17.5 Å². The Morgan fingerprint density at radius 1 is 1.41 bits per heavy atom. The van der Waals surface area contributed by atoms with Crippen LogP contribution in [0, 0.1) is 5.82 Å². The fourth-order valence-corrected chi connectivity index (χ4v) is 3.03. The molecule has 3 heterocycles. The standard InChI is InChI=1S/C18H19FN8O2/c1-12(28)20-8-16-11-26(13(2)29-16)15-3-4-18(17(19)7-15)27-10-14(22-24-27)9-25-6-5-21-23-25/h3-7,10,16H,2,8-9,11H2,1H3,(H,20,28)/t16-/m0/s1. The number of anilines is 1. The van der Waals surface area contributed by atoms with Crippen molar-refractivity contribution in [2.75, 3.05) is 18.0 Å². The van der Waals surface area contributed by atoms with Crippen LogP contribution < -0.4 is 10.2 Å². The molecule has 3 aromatic rings. The smallest absolute Gasteiger partial charge is 0.217 e. The van der Waals surface area contributed by atoms with E-state index in [1.807, 2.05) is 0 Å². The Bertz CT molecular complexity index is 1030. The molecule has 1 aliphatic heterocycles. The highest BCUT2D eigenvalue weighted by atomic mass is 19.1. The van der Waals surface area contributed by atoms with Gasteiger partial charge in [0.05, 0.1) is 32.0 Å². The van der Waals surface area contributed by atoms with E-state index in [-0.39, 0.29) is 17.7 Å². The molecule has 0 unspecified atom stereocenters. The lowest BCUT2D eigenvalue weighted by atomic mass is 10.2. The molecule has 11 heteroatoms. The molecule has 0 spiro atoms. The zero-order chi connectivity index (χ0) is 20.4. The topological polar surface area (TPSA) is 103 Å². The zero-order valence-electron chi connectivity index (χ0n) is 15.7. The molecular formula is C18H19FN8O2. The molecule has 4 rings (SSSR count). The van der Waals surface area contributed by atoms with E-state index in [1.54, 1.807) is 40.3 Å². The quantitative estimate of drug-likeness (QED) is 0.657. The number of benzene rings is 1. The first kappa shape index (κ1) is 18.6. The molecule has 1 amide bonds. The molecule has 0 radical (unpaired) electrons. The van der Waals surface area contributed by atoms with E-state index >= 15 is 0 Å². The number of hydrogen-bond acceptors (Lipinski definition) is 7. The van der Waals surface area contributed by atoms with E-state index in [0.717, 1.165) is 0 Å². The lowest BCUT2D eigenvalue weighted by molar-refractivity contribution is -0.119. The summed E-state index contributed by atoms with van der Waals surface area (Å²) in [6.45, 7) is 6.52. The number of nitrogens with one attached hydrogen (secondary N) is 1. The molecule has 150 valence electrons. The van der Waals surface area contributed by atoms with E-state index in [0.29, 0.717) is 36.9 Å². The van der Waals surface area contributed by atoms with E-state index < -0.39 is 5.82 Å². The molecule has 0 bridgehead atoms. The predicted molar refractivity (Wildman–Crippen MR) is 100 cm³/mol. The molecule has 1 aliphatic rings. The lowest BCUT2D eigenvalue weighted by Crippen LogP contribution is -2.33. The summed E-state index contributed by atoms with van der Waals surface area (Å²) in [4.78, 5) is 12.8. The number of ether oxygens (including phenoxy) is 1. The number of hydrogen-bond donors (Lipinski definition) is 1. The van der Waals surface area contributed by atoms with Gasteiger partial charge < -0.3 is 15.0 Å². The minimum absolute atomic E-state index is 0.135. The van der Waals surface area contributed by atoms with Gasteiger partial charge in [-0.05, 0) is 24.8 Å². The molecule has 1 atom stereocenters. The molecule has 1 saturated heterocycles. The number of carbonyl (C=O) groups is 1. The fraction of sp³-hybridized carbons (Fsp3) is 0.278. The van der Waals surface area contributed by atoms with Crippen molar-refractivity contribution >= 4 is 11.6 Å². The monoisotopic (exact) mass is 398 g/mol. The number of rotatable bonds is 6. The van der Waals surface area contributed by atoms with Gasteiger partial charge in [-0.25, -0.2) is 13.8 Å². The highest BCUT2D eigenvalue weighted by Gasteiger charge is 2.28. The van der Waals surface area contributed by atoms with Crippen LogP contribution in [0.3, 0.4) is 0 Å². The van der Waals surface area contributed by atoms with Crippen molar-refractivity contribution in [3.63, 3.8) is 0 Å². The summed E-state index contributed by atoms with van der Waals surface area (Å²) in [5, 5.41) is 18.3. The van der Waals surface area contributed by atoms with E-state index in [1.165, 1.54) is 17.7 Å². The largest absolute Gasteiger partial charge is 0.472 e. The van der Waals surface area contributed by atoms with Gasteiger partial charge >= 0.3 is 0 Å². The van der Waals surface area contributed by atoms with Crippen molar-refractivity contribution in [2.45, 2.75) is 19.6 Å². The summed E-state index contributed by atoms with van der Waals surface area (Å²) < 4.78 is 23.4. The highest BCUT2D eigenvalue weighted by Crippen LogP contribution is 2.28. The number of carbonyl (C=O) groups excluding carboxylic acids is 1. The summed E-state index contributed by atoms with van der Waals surface area (Å²) in [5.74, 6) is -0.190. The summed E-state index contributed by atoms with van der Waals surface area (Å²) in [7, 11) is 0. The first-order valence-corrected chi connectivity index (χ1v) is 8.92. The van der Waals surface area contributed by atoms with Crippen LogP contribution in [0.5, 0.6) is 0 Å². The maximum Gasteiger partial charge on any atom is 0.217 e. The Hall–Kier alpha value is -3.76. The second-order valence-corrected chi connectivity index (χ2v) is 6.57. The molecular weight excluding hydrogens is 379 g/mol. The SMILES string of the molecule is C=C1O[C@@H](CNC(C)=O)CN1c1ccc(-n2cc(Cn3ccnn3)nn2)c(F)c1. The highest BCUT2D eigenvalue weighted by molar-refractivity contribution is 5.72. The summed E-state index contributed by atoms with van der Waals surface area (Å²) >= 11 is 0. The molecule has 1 fully saturated rings. The second kappa shape index (κ2) is 7.70. The normalized spacial score (nSPS) is 16.1. The molecule has 1 aromatic carbocycles. The maximum absolute atomic E-state index is 14.8. The van der Waals surface area contributed by atoms with Gasteiger partial charge in [0.15, 0.2) is 11.7 Å².